The Bertz CT molecular complexity index is 1430. The van der Waals surface area contributed by atoms with Gasteiger partial charge < -0.3 is 4.40 Å². The Morgan fingerprint density at radius 1 is 0.828 bits per heavy atom. The van der Waals surface area contributed by atoms with E-state index in [-0.39, 0.29) is 0 Å². The average molecular weight is 395 g/mol. The van der Waals surface area contributed by atoms with Gasteiger partial charge in [0.05, 0.1) is 15.4 Å². The number of nitrogens with zero attached hydrogens (tertiary/aromatic N) is 7. The third-order valence-corrected chi connectivity index (χ3v) is 5.87. The van der Waals surface area contributed by atoms with Crippen LogP contribution >= 0.6 is 11.3 Å². The molecular formula is C21H13N7S. The lowest BCUT2D eigenvalue weighted by Crippen LogP contribution is -2.02. The molecule has 0 saturated carbocycles. The van der Waals surface area contributed by atoms with Crippen molar-refractivity contribution in [1.29, 1.82) is 0 Å². The lowest BCUT2D eigenvalue weighted by Gasteiger charge is -2.07. The van der Waals surface area contributed by atoms with E-state index in [2.05, 4.69) is 38.5 Å². The van der Waals surface area contributed by atoms with E-state index >= 15 is 0 Å². The fourth-order valence-corrected chi connectivity index (χ4v) is 4.37. The largest absolute Gasteiger partial charge is 0.306 e. The van der Waals surface area contributed by atoms with Crippen molar-refractivity contribution in [3.05, 3.63) is 79.6 Å². The van der Waals surface area contributed by atoms with Crippen LogP contribution in [0.2, 0.25) is 0 Å². The Morgan fingerprint density at radius 2 is 1.69 bits per heavy atom. The van der Waals surface area contributed by atoms with Crippen molar-refractivity contribution in [2.75, 3.05) is 0 Å². The predicted octanol–water partition coefficient (Wildman–Crippen LogP) is 4.25. The Morgan fingerprint density at radius 3 is 2.55 bits per heavy atom. The standard InChI is InChI=1S/C21H13N7S/c1-2-6-15-14(5-1)20(25-26-21(15)28-13-22-12-23-28)18-9-8-17(29-18)16-11-27-10-4-3-7-19(27)24-16/h1-13H. The smallest absolute Gasteiger partial charge is 0.185 e. The molecule has 0 spiro atoms. The summed E-state index contributed by atoms with van der Waals surface area (Å²) in [5, 5.41) is 15.2. The molecule has 0 amide bonds. The normalized spacial score (nSPS) is 11.4. The minimum Gasteiger partial charge on any atom is -0.306 e. The molecule has 1 aromatic carbocycles. The van der Waals surface area contributed by atoms with Crippen molar-refractivity contribution in [2.24, 2.45) is 0 Å². The molecule has 0 saturated heterocycles. The predicted molar refractivity (Wildman–Crippen MR) is 112 cm³/mol. The van der Waals surface area contributed by atoms with Gasteiger partial charge in [-0.3, -0.25) is 0 Å². The molecule has 8 heteroatoms. The molecular weight excluding hydrogens is 382 g/mol. The first kappa shape index (κ1) is 16.1. The van der Waals surface area contributed by atoms with E-state index in [0.717, 1.165) is 37.6 Å². The van der Waals surface area contributed by atoms with Crippen molar-refractivity contribution < 1.29 is 0 Å². The summed E-state index contributed by atoms with van der Waals surface area (Å²) < 4.78 is 3.66. The van der Waals surface area contributed by atoms with E-state index < -0.39 is 0 Å². The second-order valence-electron chi connectivity index (χ2n) is 6.51. The summed E-state index contributed by atoms with van der Waals surface area (Å²) in [6, 6.07) is 18.2. The van der Waals surface area contributed by atoms with Crippen molar-refractivity contribution in [3.8, 4) is 27.0 Å². The van der Waals surface area contributed by atoms with Gasteiger partial charge >= 0.3 is 0 Å². The van der Waals surface area contributed by atoms with Crippen LogP contribution in [0.4, 0.5) is 0 Å². The molecule has 6 rings (SSSR count). The Balaban J connectivity index is 1.49. The third-order valence-electron chi connectivity index (χ3n) is 4.76. The number of aromatic nitrogens is 7. The summed E-state index contributed by atoms with van der Waals surface area (Å²) in [5.41, 5.74) is 2.73. The highest BCUT2D eigenvalue weighted by Crippen LogP contribution is 2.36. The molecule has 6 aromatic rings. The molecule has 0 aliphatic carbocycles. The number of imidazole rings is 1. The number of fused-ring (bicyclic) bond motifs is 2. The van der Waals surface area contributed by atoms with Crippen LogP contribution in [0.25, 0.3) is 43.4 Å². The molecule has 0 unspecified atom stereocenters. The van der Waals surface area contributed by atoms with Gasteiger partial charge in [0.15, 0.2) is 5.82 Å². The van der Waals surface area contributed by atoms with E-state index in [1.54, 1.807) is 22.3 Å². The second-order valence-corrected chi connectivity index (χ2v) is 7.60. The molecule has 0 aliphatic rings. The van der Waals surface area contributed by atoms with Crippen molar-refractivity contribution in [2.45, 2.75) is 0 Å². The van der Waals surface area contributed by atoms with E-state index in [0.29, 0.717) is 5.82 Å². The second kappa shape index (κ2) is 6.32. The topological polar surface area (TPSA) is 73.8 Å². The van der Waals surface area contributed by atoms with Gasteiger partial charge in [-0.2, -0.15) is 5.10 Å². The van der Waals surface area contributed by atoms with Gasteiger partial charge in [0.25, 0.3) is 0 Å². The molecule has 0 bridgehead atoms. The quantitative estimate of drug-likeness (QED) is 0.448. The zero-order valence-corrected chi connectivity index (χ0v) is 15.9. The molecule has 0 fully saturated rings. The third kappa shape index (κ3) is 2.61. The summed E-state index contributed by atoms with van der Waals surface area (Å²) in [6.45, 7) is 0. The number of benzene rings is 1. The number of hydrogen-bond acceptors (Lipinski definition) is 6. The zero-order chi connectivity index (χ0) is 19.2. The van der Waals surface area contributed by atoms with Crippen molar-refractivity contribution >= 4 is 27.8 Å². The van der Waals surface area contributed by atoms with E-state index in [4.69, 9.17) is 4.98 Å². The molecule has 138 valence electrons. The maximum Gasteiger partial charge on any atom is 0.185 e. The minimum absolute atomic E-state index is 0.666. The average Bonchev–Trinajstić information content (AvgIpc) is 3.53. The Labute approximate surface area is 168 Å². The van der Waals surface area contributed by atoms with Gasteiger partial charge in [-0.05, 0) is 24.3 Å². The van der Waals surface area contributed by atoms with Crippen molar-refractivity contribution in [3.63, 3.8) is 0 Å². The van der Waals surface area contributed by atoms with Gasteiger partial charge in [0, 0.05) is 23.2 Å². The summed E-state index contributed by atoms with van der Waals surface area (Å²) in [7, 11) is 0. The number of pyridine rings is 1. The van der Waals surface area contributed by atoms with Crippen LogP contribution in [-0.4, -0.2) is 34.3 Å². The minimum atomic E-state index is 0.666. The van der Waals surface area contributed by atoms with Gasteiger partial charge in [-0.1, -0.05) is 30.3 Å². The molecule has 5 aromatic heterocycles. The zero-order valence-electron chi connectivity index (χ0n) is 15.0. The molecule has 5 heterocycles. The SMILES string of the molecule is c1ccc2c(-n3cncn3)nnc(-c3ccc(-c4cn5ccccc5n4)s3)c2c1. The first-order chi connectivity index (χ1) is 14.4. The van der Waals surface area contributed by atoms with E-state index in [9.17, 15) is 0 Å². The monoisotopic (exact) mass is 395 g/mol. The Kier molecular flexibility index (Phi) is 3.50. The number of hydrogen-bond donors (Lipinski definition) is 0. The molecule has 29 heavy (non-hydrogen) atoms. The lowest BCUT2D eigenvalue weighted by atomic mass is 10.1. The maximum atomic E-state index is 4.72. The van der Waals surface area contributed by atoms with Crippen molar-refractivity contribution in [1.82, 2.24) is 34.3 Å². The molecule has 0 aliphatic heterocycles. The molecule has 0 radical (unpaired) electrons. The molecule has 0 N–H and O–H groups in total. The fourth-order valence-electron chi connectivity index (χ4n) is 3.41. The molecule has 0 atom stereocenters. The highest BCUT2D eigenvalue weighted by Gasteiger charge is 2.15. The first-order valence-corrected chi connectivity index (χ1v) is 9.83. The van der Waals surface area contributed by atoms with Gasteiger partial charge in [0.1, 0.15) is 24.0 Å². The van der Waals surface area contributed by atoms with Crippen LogP contribution in [0.3, 0.4) is 0 Å². The van der Waals surface area contributed by atoms with E-state index in [1.165, 1.54) is 6.33 Å². The van der Waals surface area contributed by atoms with Gasteiger partial charge in [-0.25, -0.2) is 14.6 Å². The lowest BCUT2D eigenvalue weighted by molar-refractivity contribution is 0.826. The van der Waals surface area contributed by atoms with Crippen LogP contribution < -0.4 is 0 Å². The van der Waals surface area contributed by atoms with Crippen LogP contribution in [-0.2, 0) is 0 Å². The summed E-state index contributed by atoms with van der Waals surface area (Å²) >= 11 is 1.66. The highest BCUT2D eigenvalue weighted by molar-refractivity contribution is 7.18. The van der Waals surface area contributed by atoms with Crippen LogP contribution in [0.15, 0.2) is 79.6 Å². The highest BCUT2D eigenvalue weighted by atomic mass is 32.1. The first-order valence-electron chi connectivity index (χ1n) is 9.01. The van der Waals surface area contributed by atoms with E-state index in [1.807, 2.05) is 53.2 Å². The van der Waals surface area contributed by atoms with Gasteiger partial charge in [0.2, 0.25) is 0 Å². The number of thiophene rings is 1. The Hall–Kier alpha value is -3.91. The van der Waals surface area contributed by atoms with Crippen LogP contribution in [0.5, 0.6) is 0 Å². The van der Waals surface area contributed by atoms with Crippen LogP contribution in [0.1, 0.15) is 0 Å². The molecule has 7 nitrogen and oxygen atoms in total. The number of rotatable bonds is 3. The fraction of sp³-hybridized carbons (Fsp3) is 0. The van der Waals surface area contributed by atoms with Gasteiger partial charge in [-0.15, -0.1) is 21.5 Å². The summed E-state index contributed by atoms with van der Waals surface area (Å²) in [5.74, 6) is 0.666. The summed E-state index contributed by atoms with van der Waals surface area (Å²) in [6.07, 6.45) is 7.16. The van der Waals surface area contributed by atoms with Crippen LogP contribution in [0, 0.1) is 0 Å². The summed E-state index contributed by atoms with van der Waals surface area (Å²) in [4.78, 5) is 10.9. The maximum absolute atomic E-state index is 4.72.